The molecule has 2 heterocycles. The number of carbonyl (C=O) groups is 2. The lowest BCUT2D eigenvalue weighted by atomic mass is 9.78. The third-order valence-corrected chi connectivity index (χ3v) is 5.71. The number of esters is 2. The number of ether oxygens (including phenoxy) is 2. The summed E-state index contributed by atoms with van der Waals surface area (Å²) in [6, 6.07) is 3.52. The monoisotopic (exact) mass is 430 g/mol. The van der Waals surface area contributed by atoms with E-state index in [1.807, 2.05) is 54.5 Å². The second kappa shape index (κ2) is 7.64. The van der Waals surface area contributed by atoms with Gasteiger partial charge < -0.3 is 23.3 Å². The molecule has 1 aliphatic rings. The average Bonchev–Trinajstić information content (AvgIpc) is 3.04. The van der Waals surface area contributed by atoms with Crippen molar-refractivity contribution in [2.45, 2.75) is 78.7 Å². The maximum absolute atomic E-state index is 12.5. The lowest BCUT2D eigenvalue weighted by Gasteiger charge is -2.32. The molecule has 0 radical (unpaired) electrons. The van der Waals surface area contributed by atoms with E-state index < -0.39 is 35.9 Å². The van der Waals surface area contributed by atoms with Gasteiger partial charge in [-0.1, -0.05) is 0 Å². The van der Waals surface area contributed by atoms with Crippen LogP contribution in [0.2, 0.25) is 0 Å². The summed E-state index contributed by atoms with van der Waals surface area (Å²) in [6.07, 6.45) is 0. The van der Waals surface area contributed by atoms with E-state index in [1.165, 1.54) is 7.11 Å². The zero-order chi connectivity index (χ0) is 23.4. The summed E-state index contributed by atoms with van der Waals surface area (Å²) in [7, 11) is 0.642. The van der Waals surface area contributed by atoms with Gasteiger partial charge in [0.15, 0.2) is 0 Å². The van der Waals surface area contributed by atoms with Gasteiger partial charge in [-0.2, -0.15) is 0 Å². The number of methoxy groups -OCH3 is 1. The molecule has 0 unspecified atom stereocenters. The summed E-state index contributed by atoms with van der Waals surface area (Å²) >= 11 is 0. The first-order chi connectivity index (χ1) is 14.1. The molecule has 0 bridgehead atoms. The van der Waals surface area contributed by atoms with Crippen LogP contribution in [0.4, 0.5) is 0 Å². The maximum Gasteiger partial charge on any atom is 0.494 e. The predicted octanol–water partition coefficient (Wildman–Crippen LogP) is 2.77. The van der Waals surface area contributed by atoms with Crippen LogP contribution in [0.15, 0.2) is 12.1 Å². The lowest BCUT2D eigenvalue weighted by molar-refractivity contribution is -0.155. The van der Waals surface area contributed by atoms with Crippen LogP contribution in [0.25, 0.3) is 11.0 Å². The van der Waals surface area contributed by atoms with Crippen LogP contribution in [0.5, 0.6) is 0 Å². The zero-order valence-corrected chi connectivity index (χ0v) is 19.8. The van der Waals surface area contributed by atoms with Gasteiger partial charge >= 0.3 is 19.1 Å². The van der Waals surface area contributed by atoms with Gasteiger partial charge in [-0.15, -0.1) is 0 Å². The average molecular weight is 430 g/mol. The van der Waals surface area contributed by atoms with E-state index in [9.17, 15) is 9.59 Å². The molecule has 0 N–H and O–H groups in total. The van der Waals surface area contributed by atoms with Crippen LogP contribution < -0.4 is 5.46 Å². The molecular formula is C22H31BN2O6. The normalized spacial score (nSPS) is 17.8. The summed E-state index contributed by atoms with van der Waals surface area (Å²) in [5, 5.41) is 0. The largest absolute Gasteiger partial charge is 0.494 e. The fraction of sp³-hybridized carbons (Fsp3) is 0.591. The molecule has 9 heteroatoms. The molecule has 0 saturated carbocycles. The van der Waals surface area contributed by atoms with Crippen LogP contribution in [0.1, 0.15) is 64.6 Å². The van der Waals surface area contributed by atoms with E-state index in [0.29, 0.717) is 22.3 Å². The number of carbonyl (C=O) groups excluding carboxylic acids is 2. The summed E-state index contributed by atoms with van der Waals surface area (Å²) in [5.74, 6) is -0.335. The Bertz CT molecular complexity index is 1020. The highest BCUT2D eigenvalue weighted by molar-refractivity contribution is 6.62. The molecule has 2 aromatic rings. The van der Waals surface area contributed by atoms with Gasteiger partial charge in [-0.05, 0) is 73.0 Å². The SMILES string of the molecule is COC(=O)c1cc(B2OC(C)(C)C(C)(C)O2)cc2c1nc(C)n2CC(=O)OC(C)(C)C. The standard InChI is InChI=1S/C22H31BN2O6/c1-13-24-18-15(19(27)28-9)10-14(23-30-21(5,6)22(7,8)31-23)11-16(18)25(13)12-17(26)29-20(2,3)4/h10-11H,12H2,1-9H3. The summed E-state index contributed by atoms with van der Waals surface area (Å²) in [6.45, 7) is 15.0. The van der Waals surface area contributed by atoms with Crippen molar-refractivity contribution in [1.29, 1.82) is 0 Å². The van der Waals surface area contributed by atoms with Crippen LogP contribution in [0, 0.1) is 6.92 Å². The number of hydrogen-bond donors (Lipinski definition) is 0. The molecule has 1 saturated heterocycles. The number of rotatable bonds is 4. The molecule has 1 aromatic carbocycles. The molecular weight excluding hydrogens is 399 g/mol. The van der Waals surface area contributed by atoms with Crippen molar-refractivity contribution < 1.29 is 28.4 Å². The molecule has 1 aliphatic heterocycles. The van der Waals surface area contributed by atoms with Gasteiger partial charge in [-0.3, -0.25) is 4.79 Å². The highest BCUT2D eigenvalue weighted by atomic mass is 16.7. The first-order valence-corrected chi connectivity index (χ1v) is 10.3. The lowest BCUT2D eigenvalue weighted by Crippen LogP contribution is -2.41. The Balaban J connectivity index is 2.11. The van der Waals surface area contributed by atoms with E-state index in [0.717, 1.165) is 0 Å². The van der Waals surface area contributed by atoms with Crippen molar-refractivity contribution in [3.8, 4) is 0 Å². The van der Waals surface area contributed by atoms with E-state index in [-0.39, 0.29) is 12.1 Å². The Labute approximate surface area is 183 Å². The van der Waals surface area contributed by atoms with Crippen molar-refractivity contribution >= 4 is 35.6 Å². The molecule has 0 atom stereocenters. The Morgan fingerprint density at radius 2 is 1.71 bits per heavy atom. The van der Waals surface area contributed by atoms with Gasteiger partial charge in [0.1, 0.15) is 23.5 Å². The number of hydrogen-bond acceptors (Lipinski definition) is 7. The first-order valence-electron chi connectivity index (χ1n) is 10.3. The van der Waals surface area contributed by atoms with E-state index in [1.54, 1.807) is 17.6 Å². The number of imidazole rings is 1. The molecule has 168 valence electrons. The second-order valence-corrected chi connectivity index (χ2v) is 9.85. The third-order valence-electron chi connectivity index (χ3n) is 5.71. The molecule has 1 fully saturated rings. The summed E-state index contributed by atoms with van der Waals surface area (Å²) < 4.78 is 24.5. The number of benzene rings is 1. The van der Waals surface area contributed by atoms with Gasteiger partial charge in [-0.25, -0.2) is 9.78 Å². The smallest absolute Gasteiger partial charge is 0.465 e. The molecule has 0 amide bonds. The van der Waals surface area contributed by atoms with Crippen LogP contribution >= 0.6 is 0 Å². The fourth-order valence-electron chi connectivity index (χ4n) is 3.44. The Hall–Kier alpha value is -2.39. The minimum atomic E-state index is -0.678. The van der Waals surface area contributed by atoms with E-state index in [2.05, 4.69) is 4.98 Å². The Morgan fingerprint density at radius 3 is 2.23 bits per heavy atom. The van der Waals surface area contributed by atoms with Crippen LogP contribution in [0.3, 0.4) is 0 Å². The molecule has 8 nitrogen and oxygen atoms in total. The summed E-state index contributed by atoms with van der Waals surface area (Å²) in [5.41, 5.74) is 0.318. The van der Waals surface area contributed by atoms with Gasteiger partial charge in [0.05, 0.1) is 29.4 Å². The highest BCUT2D eigenvalue weighted by Crippen LogP contribution is 2.37. The Kier molecular flexibility index (Phi) is 5.73. The second-order valence-electron chi connectivity index (χ2n) is 9.85. The molecule has 0 aliphatic carbocycles. The van der Waals surface area contributed by atoms with E-state index >= 15 is 0 Å². The predicted molar refractivity (Wildman–Crippen MR) is 117 cm³/mol. The van der Waals surface area contributed by atoms with Gasteiger partial charge in [0, 0.05) is 0 Å². The quantitative estimate of drug-likeness (QED) is 0.544. The topological polar surface area (TPSA) is 88.9 Å². The number of nitrogens with zero attached hydrogens (tertiary/aromatic N) is 2. The number of aryl methyl sites for hydroxylation is 1. The minimum Gasteiger partial charge on any atom is -0.465 e. The van der Waals surface area contributed by atoms with Crippen molar-refractivity contribution in [2.24, 2.45) is 0 Å². The number of aromatic nitrogens is 2. The van der Waals surface area contributed by atoms with Crippen molar-refractivity contribution in [3.05, 3.63) is 23.5 Å². The molecule has 0 spiro atoms. The molecule has 31 heavy (non-hydrogen) atoms. The fourth-order valence-corrected chi connectivity index (χ4v) is 3.44. The van der Waals surface area contributed by atoms with Crippen LogP contribution in [-0.4, -0.2) is 52.5 Å². The number of fused-ring (bicyclic) bond motifs is 1. The van der Waals surface area contributed by atoms with Crippen molar-refractivity contribution in [2.75, 3.05) is 7.11 Å². The minimum absolute atomic E-state index is 0.0347. The van der Waals surface area contributed by atoms with Crippen molar-refractivity contribution in [1.82, 2.24) is 9.55 Å². The highest BCUT2D eigenvalue weighted by Gasteiger charge is 2.52. The van der Waals surface area contributed by atoms with E-state index in [4.69, 9.17) is 18.8 Å². The summed E-state index contributed by atoms with van der Waals surface area (Å²) in [4.78, 5) is 29.6. The van der Waals surface area contributed by atoms with Crippen molar-refractivity contribution in [3.63, 3.8) is 0 Å². The molecule has 1 aromatic heterocycles. The Morgan fingerprint density at radius 1 is 1.13 bits per heavy atom. The van der Waals surface area contributed by atoms with Gasteiger partial charge in [0.25, 0.3) is 0 Å². The molecule has 3 rings (SSSR count). The third kappa shape index (κ3) is 4.48. The zero-order valence-electron chi connectivity index (χ0n) is 19.8. The van der Waals surface area contributed by atoms with Crippen LogP contribution in [-0.2, 0) is 30.1 Å². The first kappa shape index (κ1) is 23.3. The van der Waals surface area contributed by atoms with Gasteiger partial charge in [0.2, 0.25) is 0 Å². The maximum atomic E-state index is 12.5.